The molecular weight excluding hydrogens is 445 g/mol. The average Bonchev–Trinajstić information content (AvgIpc) is 3.44. The predicted octanol–water partition coefficient (Wildman–Crippen LogP) is 3.60. The van der Waals surface area contributed by atoms with E-state index in [1.165, 1.54) is 25.3 Å². The van der Waals surface area contributed by atoms with Gasteiger partial charge < -0.3 is 10.1 Å². The van der Waals surface area contributed by atoms with Crippen molar-refractivity contribution in [2.24, 2.45) is 0 Å². The van der Waals surface area contributed by atoms with Crippen LogP contribution in [0.15, 0.2) is 35.2 Å². The Labute approximate surface area is 176 Å². The molecule has 3 rings (SSSR count). The average molecular weight is 460 g/mol. The lowest BCUT2D eigenvalue weighted by Gasteiger charge is -2.13. The number of non-ortho nitro benzene ring substituents is 1. The van der Waals surface area contributed by atoms with E-state index in [0.29, 0.717) is 0 Å². The van der Waals surface area contributed by atoms with Crippen LogP contribution < -0.4 is 14.8 Å². The van der Waals surface area contributed by atoms with Gasteiger partial charge in [0, 0.05) is 12.1 Å². The number of nitrogens with zero attached hydrogens (tertiary/aromatic N) is 1. The van der Waals surface area contributed by atoms with E-state index >= 15 is 0 Å². The lowest BCUT2D eigenvalue weighted by molar-refractivity contribution is -0.384. The Hall–Kier alpha value is -2.40. The first-order chi connectivity index (χ1) is 13.6. The maximum Gasteiger partial charge on any atom is 0.273 e. The number of carbonyl (C=O) groups is 1. The van der Waals surface area contributed by atoms with E-state index in [-0.39, 0.29) is 43.7 Å². The van der Waals surface area contributed by atoms with Crippen LogP contribution in [0.25, 0.3) is 0 Å². The highest BCUT2D eigenvalue weighted by atomic mass is 35.5. The Balaban J connectivity index is 1.93. The number of nitrogens with one attached hydrogen (secondary N) is 2. The summed E-state index contributed by atoms with van der Waals surface area (Å²) in [4.78, 5) is 22.7. The number of nitro benzene ring substituents is 1. The van der Waals surface area contributed by atoms with Crippen LogP contribution in [-0.2, 0) is 10.0 Å². The second-order valence-corrected chi connectivity index (χ2v) is 8.75. The van der Waals surface area contributed by atoms with Crippen molar-refractivity contribution < 1.29 is 22.9 Å². The highest BCUT2D eigenvalue weighted by Gasteiger charge is 2.30. The van der Waals surface area contributed by atoms with Crippen molar-refractivity contribution in [3.63, 3.8) is 0 Å². The number of anilines is 1. The van der Waals surface area contributed by atoms with E-state index in [1.54, 1.807) is 0 Å². The third-order valence-electron chi connectivity index (χ3n) is 4.10. The Morgan fingerprint density at radius 3 is 2.48 bits per heavy atom. The van der Waals surface area contributed by atoms with Crippen LogP contribution in [0.3, 0.4) is 0 Å². The predicted molar refractivity (Wildman–Crippen MR) is 107 cm³/mol. The van der Waals surface area contributed by atoms with Gasteiger partial charge in [0.05, 0.1) is 39.4 Å². The van der Waals surface area contributed by atoms with Crippen molar-refractivity contribution in [2.45, 2.75) is 23.8 Å². The number of nitro groups is 1. The van der Waals surface area contributed by atoms with Gasteiger partial charge in [-0.25, -0.2) is 13.1 Å². The molecule has 2 aromatic rings. The first-order valence-corrected chi connectivity index (χ1v) is 10.5. The van der Waals surface area contributed by atoms with Crippen LogP contribution in [0.4, 0.5) is 11.4 Å². The van der Waals surface area contributed by atoms with E-state index in [0.717, 1.165) is 25.0 Å². The molecule has 0 bridgehead atoms. The van der Waals surface area contributed by atoms with Crippen LogP contribution >= 0.6 is 23.2 Å². The molecule has 12 heteroatoms. The van der Waals surface area contributed by atoms with Crippen molar-refractivity contribution in [1.82, 2.24) is 4.72 Å². The Morgan fingerprint density at radius 1 is 1.21 bits per heavy atom. The largest absolute Gasteiger partial charge is 0.494 e. The number of ether oxygens (including phenoxy) is 1. The molecule has 0 unspecified atom stereocenters. The molecule has 0 spiro atoms. The molecule has 2 N–H and O–H groups in total. The van der Waals surface area contributed by atoms with Gasteiger partial charge in [-0.05, 0) is 31.0 Å². The van der Waals surface area contributed by atoms with Gasteiger partial charge >= 0.3 is 0 Å². The molecule has 1 aliphatic rings. The molecule has 0 radical (unpaired) electrons. The fourth-order valence-electron chi connectivity index (χ4n) is 2.48. The summed E-state index contributed by atoms with van der Waals surface area (Å²) >= 11 is 12.1. The molecule has 0 saturated heterocycles. The zero-order valence-corrected chi connectivity index (χ0v) is 17.3. The zero-order chi connectivity index (χ0) is 21.3. The first kappa shape index (κ1) is 21.3. The number of carbonyl (C=O) groups excluding carboxylic acids is 1. The highest BCUT2D eigenvalue weighted by Crippen LogP contribution is 2.33. The molecule has 1 aliphatic carbocycles. The van der Waals surface area contributed by atoms with Crippen LogP contribution in [0, 0.1) is 10.1 Å². The summed E-state index contributed by atoms with van der Waals surface area (Å²) in [7, 11) is -2.63. The lowest BCUT2D eigenvalue weighted by Crippen LogP contribution is -2.26. The van der Waals surface area contributed by atoms with Gasteiger partial charge in [-0.15, -0.1) is 0 Å². The molecule has 1 saturated carbocycles. The second-order valence-electron chi connectivity index (χ2n) is 6.25. The van der Waals surface area contributed by atoms with E-state index < -0.39 is 20.9 Å². The van der Waals surface area contributed by atoms with Crippen molar-refractivity contribution >= 4 is 50.5 Å². The van der Waals surface area contributed by atoms with Gasteiger partial charge in [-0.2, -0.15) is 0 Å². The van der Waals surface area contributed by atoms with Gasteiger partial charge in [0.15, 0.2) is 0 Å². The standard InChI is InChI=1S/C17H15Cl2N3O6S/c1-28-15-6-10(22(24)25)4-5-14(15)20-17(23)11-7-16(13(19)8-12(11)18)29(26,27)21-9-2-3-9/h4-9,21H,2-3H2,1H3,(H,20,23). The molecule has 154 valence electrons. The molecule has 9 nitrogen and oxygen atoms in total. The van der Waals surface area contributed by atoms with E-state index in [4.69, 9.17) is 27.9 Å². The highest BCUT2D eigenvalue weighted by molar-refractivity contribution is 7.89. The molecule has 1 fully saturated rings. The molecule has 0 aromatic heterocycles. The van der Waals surface area contributed by atoms with Gasteiger partial charge in [-0.1, -0.05) is 23.2 Å². The fraction of sp³-hybridized carbons (Fsp3) is 0.235. The molecule has 1 amide bonds. The number of benzene rings is 2. The Bertz CT molecular complexity index is 1100. The maximum absolute atomic E-state index is 12.7. The van der Waals surface area contributed by atoms with E-state index in [1.807, 2.05) is 0 Å². The molecule has 29 heavy (non-hydrogen) atoms. The van der Waals surface area contributed by atoms with Crippen molar-refractivity contribution in [3.05, 3.63) is 56.1 Å². The third-order valence-corrected chi connectivity index (χ3v) is 6.40. The molecule has 2 aromatic carbocycles. The van der Waals surface area contributed by atoms with Gasteiger partial charge in [0.1, 0.15) is 10.6 Å². The van der Waals surface area contributed by atoms with Crippen LogP contribution in [0.2, 0.25) is 10.0 Å². The van der Waals surface area contributed by atoms with Crippen molar-refractivity contribution in [2.75, 3.05) is 12.4 Å². The number of rotatable bonds is 7. The second kappa shape index (κ2) is 8.15. The van der Waals surface area contributed by atoms with E-state index in [9.17, 15) is 23.3 Å². The summed E-state index contributed by atoms with van der Waals surface area (Å²) in [6.07, 6.45) is 1.47. The van der Waals surface area contributed by atoms with Gasteiger partial charge in [0.2, 0.25) is 10.0 Å². The van der Waals surface area contributed by atoms with Gasteiger partial charge in [0.25, 0.3) is 11.6 Å². The summed E-state index contributed by atoms with van der Waals surface area (Å²) in [5.41, 5.74) is -0.203. The Kier molecular flexibility index (Phi) is 5.99. The summed E-state index contributed by atoms with van der Waals surface area (Å²) in [5, 5.41) is 13.2. The number of methoxy groups -OCH3 is 1. The molecule has 0 heterocycles. The summed E-state index contributed by atoms with van der Waals surface area (Å²) in [6, 6.07) is 5.75. The van der Waals surface area contributed by atoms with Crippen molar-refractivity contribution in [1.29, 1.82) is 0 Å². The minimum atomic E-state index is -3.92. The molecule has 0 atom stereocenters. The zero-order valence-electron chi connectivity index (χ0n) is 14.9. The third kappa shape index (κ3) is 4.78. The monoisotopic (exact) mass is 459 g/mol. The molecule has 0 aliphatic heterocycles. The number of hydrogen-bond acceptors (Lipinski definition) is 6. The summed E-state index contributed by atoms with van der Waals surface area (Å²) in [5.74, 6) is -0.678. The van der Waals surface area contributed by atoms with Crippen molar-refractivity contribution in [3.8, 4) is 5.75 Å². The number of hydrogen-bond donors (Lipinski definition) is 2. The van der Waals surface area contributed by atoms with Crippen LogP contribution in [0.5, 0.6) is 5.75 Å². The first-order valence-electron chi connectivity index (χ1n) is 8.27. The van der Waals surface area contributed by atoms with Crippen LogP contribution in [0.1, 0.15) is 23.2 Å². The molecular formula is C17H15Cl2N3O6S. The fourth-order valence-corrected chi connectivity index (χ4v) is 4.64. The minimum absolute atomic E-state index is 0.0564. The summed E-state index contributed by atoms with van der Waals surface area (Å²) in [6.45, 7) is 0. The van der Waals surface area contributed by atoms with E-state index in [2.05, 4.69) is 10.0 Å². The minimum Gasteiger partial charge on any atom is -0.494 e. The Morgan fingerprint density at radius 2 is 1.90 bits per heavy atom. The van der Waals surface area contributed by atoms with Gasteiger partial charge in [-0.3, -0.25) is 14.9 Å². The lowest BCUT2D eigenvalue weighted by atomic mass is 10.2. The number of amides is 1. The SMILES string of the molecule is COc1cc([N+](=O)[O-])ccc1NC(=O)c1cc(S(=O)(=O)NC2CC2)c(Cl)cc1Cl. The summed E-state index contributed by atoms with van der Waals surface area (Å²) < 4.78 is 32.5. The van der Waals surface area contributed by atoms with Crippen LogP contribution in [-0.4, -0.2) is 32.4 Å². The number of halogens is 2. The smallest absolute Gasteiger partial charge is 0.273 e. The normalized spacial score (nSPS) is 13.8. The number of sulfonamides is 1. The topological polar surface area (TPSA) is 128 Å². The quantitative estimate of drug-likeness (QED) is 0.480. The maximum atomic E-state index is 12.7.